The van der Waals surface area contributed by atoms with E-state index in [1.54, 1.807) is 12.1 Å². The first kappa shape index (κ1) is 18.4. The van der Waals surface area contributed by atoms with Crippen LogP contribution in [0.5, 0.6) is 0 Å². The van der Waals surface area contributed by atoms with Crippen LogP contribution in [0.15, 0.2) is 54.2 Å². The van der Waals surface area contributed by atoms with E-state index in [4.69, 9.17) is 0 Å². The maximum absolute atomic E-state index is 12.4. The fourth-order valence-corrected chi connectivity index (χ4v) is 3.08. The van der Waals surface area contributed by atoms with Crippen LogP contribution in [0, 0.1) is 0 Å². The van der Waals surface area contributed by atoms with Crippen molar-refractivity contribution in [3.63, 3.8) is 0 Å². The maximum atomic E-state index is 12.4. The minimum absolute atomic E-state index is 0.157. The van der Waals surface area contributed by atoms with E-state index in [0.717, 1.165) is 11.1 Å². The van der Waals surface area contributed by atoms with E-state index in [0.29, 0.717) is 17.2 Å². The van der Waals surface area contributed by atoms with E-state index in [1.165, 1.54) is 23.7 Å². The highest BCUT2D eigenvalue weighted by atomic mass is 32.1. The van der Waals surface area contributed by atoms with Crippen LogP contribution in [0.2, 0.25) is 0 Å². The van der Waals surface area contributed by atoms with Crippen LogP contribution in [0.3, 0.4) is 0 Å². The largest absolute Gasteiger partial charge is 0.347 e. The van der Waals surface area contributed by atoms with Gasteiger partial charge in [-0.25, -0.2) is 9.97 Å². The van der Waals surface area contributed by atoms with Crippen molar-refractivity contribution < 1.29 is 9.59 Å². The lowest BCUT2D eigenvalue weighted by Crippen LogP contribution is -2.24. The quantitative estimate of drug-likeness (QED) is 0.444. The Hall–Kier alpha value is -3.99. The number of aromatic nitrogens is 6. The van der Waals surface area contributed by atoms with Gasteiger partial charge in [0.15, 0.2) is 0 Å². The Balaban J connectivity index is 1.36. The van der Waals surface area contributed by atoms with Crippen molar-refractivity contribution in [2.75, 3.05) is 5.32 Å². The van der Waals surface area contributed by atoms with Crippen LogP contribution in [-0.4, -0.2) is 42.4 Å². The molecule has 11 heteroatoms. The molecule has 0 unspecified atom stereocenters. The van der Waals surface area contributed by atoms with E-state index in [2.05, 4.69) is 41.2 Å². The first-order valence-corrected chi connectivity index (χ1v) is 9.35. The van der Waals surface area contributed by atoms with E-state index in [-0.39, 0.29) is 23.3 Å². The molecule has 4 rings (SSSR count). The molecule has 0 aliphatic rings. The molecule has 4 aromatic rings. The number of nitrogens with one attached hydrogen (secondary N) is 3. The molecule has 0 aliphatic carbocycles. The molecular formula is C18H14N8O2S. The highest BCUT2D eigenvalue weighted by molar-refractivity contribution is 7.12. The normalized spacial score (nSPS) is 10.5. The number of hydrogen-bond acceptors (Lipinski definition) is 8. The molecule has 0 saturated carbocycles. The fourth-order valence-electron chi connectivity index (χ4n) is 2.46. The molecule has 3 aromatic heterocycles. The summed E-state index contributed by atoms with van der Waals surface area (Å²) in [6.07, 6.45) is 1.23. The van der Waals surface area contributed by atoms with E-state index in [1.807, 2.05) is 29.6 Å². The molecule has 3 heterocycles. The molecule has 29 heavy (non-hydrogen) atoms. The predicted molar refractivity (Wildman–Crippen MR) is 105 cm³/mol. The van der Waals surface area contributed by atoms with Gasteiger partial charge in [-0.05, 0) is 22.2 Å². The van der Waals surface area contributed by atoms with Gasteiger partial charge in [0.25, 0.3) is 11.8 Å². The molecule has 0 saturated heterocycles. The molecule has 0 spiro atoms. The number of rotatable bonds is 6. The number of amides is 2. The van der Waals surface area contributed by atoms with Crippen molar-refractivity contribution in [1.82, 2.24) is 35.9 Å². The van der Waals surface area contributed by atoms with Gasteiger partial charge in [0.05, 0.1) is 4.88 Å². The summed E-state index contributed by atoms with van der Waals surface area (Å²) in [5, 5.41) is 21.0. The highest BCUT2D eigenvalue weighted by Crippen LogP contribution is 2.14. The van der Waals surface area contributed by atoms with Crippen LogP contribution < -0.4 is 10.6 Å². The Bertz CT molecular complexity index is 1110. The van der Waals surface area contributed by atoms with Gasteiger partial charge < -0.3 is 10.6 Å². The summed E-state index contributed by atoms with van der Waals surface area (Å²) in [7, 11) is 0. The molecule has 144 valence electrons. The van der Waals surface area contributed by atoms with E-state index >= 15 is 0 Å². The van der Waals surface area contributed by atoms with Crippen molar-refractivity contribution in [3.05, 3.63) is 70.3 Å². The Kier molecular flexibility index (Phi) is 5.29. The van der Waals surface area contributed by atoms with Crippen LogP contribution in [-0.2, 0) is 6.54 Å². The molecular weight excluding hydrogens is 392 g/mol. The van der Waals surface area contributed by atoms with Gasteiger partial charge in [0.2, 0.25) is 5.82 Å². The minimum Gasteiger partial charge on any atom is -0.347 e. The lowest BCUT2D eigenvalue weighted by molar-refractivity contribution is 0.0944. The topological polar surface area (TPSA) is 138 Å². The molecule has 0 aliphatic heterocycles. The third kappa shape index (κ3) is 4.47. The van der Waals surface area contributed by atoms with Crippen molar-refractivity contribution in [2.45, 2.75) is 6.54 Å². The average molecular weight is 406 g/mol. The second kappa shape index (κ2) is 8.35. The monoisotopic (exact) mass is 406 g/mol. The smallest absolute Gasteiger partial charge is 0.270 e. The van der Waals surface area contributed by atoms with E-state index < -0.39 is 0 Å². The SMILES string of the molecule is O=C(NCc1ccc(-c2nn[nH]n2)cc1)c1cc(NC(=O)c2cccs2)ncn1. The Morgan fingerprint density at radius 2 is 1.93 bits per heavy atom. The molecule has 0 bridgehead atoms. The zero-order valence-electron chi connectivity index (χ0n) is 14.9. The molecule has 0 radical (unpaired) electrons. The van der Waals surface area contributed by atoms with Gasteiger partial charge in [-0.3, -0.25) is 9.59 Å². The van der Waals surface area contributed by atoms with Crippen LogP contribution >= 0.6 is 11.3 Å². The zero-order valence-corrected chi connectivity index (χ0v) is 15.7. The number of hydrogen-bond donors (Lipinski definition) is 3. The summed E-state index contributed by atoms with van der Waals surface area (Å²) in [5.41, 5.74) is 1.87. The number of carbonyl (C=O) groups is 2. The molecule has 3 N–H and O–H groups in total. The van der Waals surface area contributed by atoms with Crippen molar-refractivity contribution in [2.24, 2.45) is 0 Å². The van der Waals surface area contributed by atoms with Crippen LogP contribution in [0.4, 0.5) is 5.82 Å². The summed E-state index contributed by atoms with van der Waals surface area (Å²) in [6, 6.07) is 12.3. The molecule has 2 amide bonds. The van der Waals surface area contributed by atoms with Gasteiger partial charge in [0.1, 0.15) is 17.8 Å². The fraction of sp³-hybridized carbons (Fsp3) is 0.0556. The summed E-state index contributed by atoms with van der Waals surface area (Å²) >= 11 is 1.32. The number of H-pyrrole nitrogens is 1. The van der Waals surface area contributed by atoms with Gasteiger partial charge in [-0.1, -0.05) is 30.3 Å². The number of aromatic amines is 1. The number of nitrogens with zero attached hydrogens (tertiary/aromatic N) is 5. The van der Waals surface area contributed by atoms with Gasteiger partial charge in [0, 0.05) is 18.2 Å². The number of benzene rings is 1. The molecule has 10 nitrogen and oxygen atoms in total. The highest BCUT2D eigenvalue weighted by Gasteiger charge is 2.12. The number of anilines is 1. The lowest BCUT2D eigenvalue weighted by Gasteiger charge is -2.07. The lowest BCUT2D eigenvalue weighted by atomic mass is 10.1. The van der Waals surface area contributed by atoms with Gasteiger partial charge in [-0.2, -0.15) is 5.21 Å². The summed E-state index contributed by atoms with van der Waals surface area (Å²) in [6.45, 7) is 0.312. The minimum atomic E-state index is -0.374. The first-order valence-electron chi connectivity index (χ1n) is 8.47. The summed E-state index contributed by atoms with van der Waals surface area (Å²) < 4.78 is 0. The standard InChI is InChI=1S/C18H14N8O2S/c27-17(19-9-11-3-5-12(6-4-11)16-23-25-26-24-16)13-8-15(21-10-20-13)22-18(28)14-2-1-7-29-14/h1-8,10H,9H2,(H,19,27)(H,20,21,22,28)(H,23,24,25,26). The van der Waals surface area contributed by atoms with Crippen molar-refractivity contribution in [1.29, 1.82) is 0 Å². The van der Waals surface area contributed by atoms with Crippen molar-refractivity contribution in [3.8, 4) is 11.4 Å². The zero-order chi connectivity index (χ0) is 20.1. The second-order valence-electron chi connectivity index (χ2n) is 5.83. The molecule has 0 fully saturated rings. The third-order valence-electron chi connectivity index (χ3n) is 3.90. The number of thiophene rings is 1. The second-order valence-corrected chi connectivity index (χ2v) is 6.78. The Morgan fingerprint density at radius 1 is 1.07 bits per heavy atom. The molecule has 1 aromatic carbocycles. The van der Waals surface area contributed by atoms with Gasteiger partial charge in [-0.15, -0.1) is 21.5 Å². The average Bonchev–Trinajstić information content (AvgIpc) is 3.47. The summed E-state index contributed by atoms with van der Waals surface area (Å²) in [5.74, 6) is 0.0970. The number of tetrazole rings is 1. The Labute approximate surface area is 168 Å². The third-order valence-corrected chi connectivity index (χ3v) is 4.77. The van der Waals surface area contributed by atoms with Crippen LogP contribution in [0.25, 0.3) is 11.4 Å². The first-order chi connectivity index (χ1) is 14.2. The van der Waals surface area contributed by atoms with E-state index in [9.17, 15) is 9.59 Å². The maximum Gasteiger partial charge on any atom is 0.270 e. The molecule has 0 atom stereocenters. The number of carbonyl (C=O) groups excluding carboxylic acids is 2. The van der Waals surface area contributed by atoms with Crippen LogP contribution in [0.1, 0.15) is 25.7 Å². The summed E-state index contributed by atoms with van der Waals surface area (Å²) in [4.78, 5) is 33.0. The van der Waals surface area contributed by atoms with Gasteiger partial charge >= 0.3 is 0 Å². The Morgan fingerprint density at radius 3 is 2.66 bits per heavy atom. The predicted octanol–water partition coefficient (Wildman–Crippen LogP) is 1.90. The van der Waals surface area contributed by atoms with Crippen molar-refractivity contribution >= 4 is 29.0 Å².